The molecule has 5 heteroatoms. The number of carbonyl (C=O) groups is 2. The summed E-state index contributed by atoms with van der Waals surface area (Å²) in [6.45, 7) is 7.97. The molecule has 0 saturated heterocycles. The van der Waals surface area contributed by atoms with Gasteiger partial charge >= 0.3 is 11.9 Å². The van der Waals surface area contributed by atoms with E-state index in [1.165, 1.54) is 0 Å². The van der Waals surface area contributed by atoms with Gasteiger partial charge in [0.1, 0.15) is 0 Å². The first-order valence-electron chi connectivity index (χ1n) is 8.28. The number of ether oxygens (including phenoxy) is 2. The van der Waals surface area contributed by atoms with Crippen LogP contribution < -0.4 is 0 Å². The van der Waals surface area contributed by atoms with Gasteiger partial charge in [-0.15, -0.1) is 0 Å². The van der Waals surface area contributed by atoms with Crippen molar-refractivity contribution >= 4 is 11.9 Å². The Morgan fingerprint density at radius 1 is 1.00 bits per heavy atom. The number of unbranched alkanes of at least 4 members (excludes halogenated alkanes) is 1. The highest BCUT2D eigenvalue weighted by Gasteiger charge is 2.36. The fourth-order valence-electron chi connectivity index (χ4n) is 2.45. The van der Waals surface area contributed by atoms with E-state index in [9.17, 15) is 9.59 Å². The summed E-state index contributed by atoms with van der Waals surface area (Å²) in [6.07, 6.45) is 3.35. The van der Waals surface area contributed by atoms with E-state index in [-0.39, 0.29) is 25.1 Å². The van der Waals surface area contributed by atoms with E-state index in [1.807, 2.05) is 13.8 Å². The van der Waals surface area contributed by atoms with Gasteiger partial charge in [0.25, 0.3) is 0 Å². The predicted molar refractivity (Wildman–Crippen MR) is 83.8 cm³/mol. The number of hydrogen-bond acceptors (Lipinski definition) is 5. The van der Waals surface area contributed by atoms with Gasteiger partial charge in [-0.1, -0.05) is 26.7 Å². The molecule has 0 aliphatic heterocycles. The third kappa shape index (κ3) is 6.93. The Bertz CT molecular complexity index is 375. The standard InChI is InChI=1S/C17H29NO4/c1-5-9-10-14(16(19)21-7-3)15(17(20)22-8-4)11-13(6-2)12-18/h13-15H,5-11H2,1-4H3. The Kier molecular flexibility index (Phi) is 11.2. The third-order valence-corrected chi connectivity index (χ3v) is 3.75. The first kappa shape index (κ1) is 20.4. The highest BCUT2D eigenvalue weighted by atomic mass is 16.5. The van der Waals surface area contributed by atoms with E-state index in [1.54, 1.807) is 13.8 Å². The highest BCUT2D eigenvalue weighted by Crippen LogP contribution is 2.29. The van der Waals surface area contributed by atoms with Crippen LogP contribution in [0.15, 0.2) is 0 Å². The Morgan fingerprint density at radius 2 is 1.55 bits per heavy atom. The molecule has 0 radical (unpaired) electrons. The second kappa shape index (κ2) is 12.0. The average molecular weight is 311 g/mol. The van der Waals surface area contributed by atoms with Crippen molar-refractivity contribution in [3.8, 4) is 6.07 Å². The van der Waals surface area contributed by atoms with Gasteiger partial charge in [-0.2, -0.15) is 5.26 Å². The molecule has 0 rings (SSSR count). The van der Waals surface area contributed by atoms with Crippen LogP contribution >= 0.6 is 0 Å². The molecule has 0 spiro atoms. The van der Waals surface area contributed by atoms with Gasteiger partial charge in [-0.05, 0) is 33.1 Å². The maximum Gasteiger partial charge on any atom is 0.309 e. The van der Waals surface area contributed by atoms with E-state index in [4.69, 9.17) is 14.7 Å². The van der Waals surface area contributed by atoms with Crippen LogP contribution in [-0.4, -0.2) is 25.2 Å². The van der Waals surface area contributed by atoms with Gasteiger partial charge in [0.05, 0.1) is 31.1 Å². The molecule has 0 N–H and O–H groups in total. The van der Waals surface area contributed by atoms with Crippen molar-refractivity contribution in [1.29, 1.82) is 5.26 Å². The SMILES string of the molecule is CCCCC(C(=O)OCC)C(CC(C#N)CC)C(=O)OCC. The topological polar surface area (TPSA) is 76.4 Å². The van der Waals surface area contributed by atoms with Crippen molar-refractivity contribution in [2.45, 2.75) is 59.8 Å². The molecule has 0 aliphatic rings. The van der Waals surface area contributed by atoms with Gasteiger partial charge in [-0.25, -0.2) is 0 Å². The van der Waals surface area contributed by atoms with Crippen molar-refractivity contribution in [3.05, 3.63) is 0 Å². The molecule has 3 atom stereocenters. The molecule has 0 saturated carbocycles. The summed E-state index contributed by atoms with van der Waals surface area (Å²) in [4.78, 5) is 24.5. The molecule has 3 unspecified atom stereocenters. The predicted octanol–water partition coefficient (Wildman–Crippen LogP) is 3.48. The zero-order valence-electron chi connectivity index (χ0n) is 14.3. The summed E-state index contributed by atoms with van der Waals surface area (Å²) in [5.41, 5.74) is 0. The fourth-order valence-corrected chi connectivity index (χ4v) is 2.45. The molecule has 0 aromatic heterocycles. The summed E-state index contributed by atoms with van der Waals surface area (Å²) in [5.74, 6) is -2.14. The lowest BCUT2D eigenvalue weighted by atomic mass is 9.81. The summed E-state index contributed by atoms with van der Waals surface area (Å²) in [5, 5.41) is 9.17. The fraction of sp³-hybridized carbons (Fsp3) is 0.824. The zero-order valence-corrected chi connectivity index (χ0v) is 14.3. The van der Waals surface area contributed by atoms with Gasteiger partial charge in [0.2, 0.25) is 0 Å². The van der Waals surface area contributed by atoms with Gasteiger partial charge < -0.3 is 9.47 Å². The first-order chi connectivity index (χ1) is 10.5. The van der Waals surface area contributed by atoms with Crippen molar-refractivity contribution < 1.29 is 19.1 Å². The molecule has 0 aliphatic carbocycles. The van der Waals surface area contributed by atoms with Crippen molar-refractivity contribution in [3.63, 3.8) is 0 Å². The molecule has 0 aromatic carbocycles. The number of esters is 2. The van der Waals surface area contributed by atoms with Crippen LogP contribution in [0.4, 0.5) is 0 Å². The molecular weight excluding hydrogens is 282 g/mol. The maximum atomic E-state index is 12.3. The lowest BCUT2D eigenvalue weighted by Gasteiger charge is -2.25. The smallest absolute Gasteiger partial charge is 0.309 e. The molecule has 5 nitrogen and oxygen atoms in total. The van der Waals surface area contributed by atoms with Gasteiger partial charge in [-0.3, -0.25) is 9.59 Å². The zero-order chi connectivity index (χ0) is 17.0. The van der Waals surface area contributed by atoms with Crippen LogP contribution in [0, 0.1) is 29.1 Å². The Morgan fingerprint density at radius 3 is 1.95 bits per heavy atom. The summed E-state index contributed by atoms with van der Waals surface area (Å²) in [7, 11) is 0. The Labute approximate surface area is 134 Å². The van der Waals surface area contributed by atoms with Crippen LogP contribution in [0.5, 0.6) is 0 Å². The van der Waals surface area contributed by atoms with Crippen molar-refractivity contribution in [1.82, 2.24) is 0 Å². The molecule has 0 bridgehead atoms. The lowest BCUT2D eigenvalue weighted by Crippen LogP contribution is -2.34. The van der Waals surface area contributed by atoms with Gasteiger partial charge in [0, 0.05) is 5.92 Å². The van der Waals surface area contributed by atoms with E-state index in [2.05, 4.69) is 6.07 Å². The van der Waals surface area contributed by atoms with E-state index >= 15 is 0 Å². The molecular formula is C17H29NO4. The molecule has 0 fully saturated rings. The van der Waals surface area contributed by atoms with Crippen LogP contribution in [0.1, 0.15) is 59.8 Å². The molecule has 0 heterocycles. The van der Waals surface area contributed by atoms with Crippen molar-refractivity contribution in [2.75, 3.05) is 13.2 Å². The van der Waals surface area contributed by atoms with E-state index < -0.39 is 17.8 Å². The van der Waals surface area contributed by atoms with Crippen LogP contribution in [-0.2, 0) is 19.1 Å². The van der Waals surface area contributed by atoms with Crippen LogP contribution in [0.25, 0.3) is 0 Å². The lowest BCUT2D eigenvalue weighted by molar-refractivity contribution is -0.161. The van der Waals surface area contributed by atoms with E-state index in [0.29, 0.717) is 19.3 Å². The number of nitriles is 1. The van der Waals surface area contributed by atoms with Crippen LogP contribution in [0.2, 0.25) is 0 Å². The number of nitrogens with zero attached hydrogens (tertiary/aromatic N) is 1. The highest BCUT2D eigenvalue weighted by molar-refractivity contribution is 5.82. The van der Waals surface area contributed by atoms with E-state index in [0.717, 1.165) is 12.8 Å². The molecule has 126 valence electrons. The number of carbonyl (C=O) groups excluding carboxylic acids is 2. The number of hydrogen-bond donors (Lipinski definition) is 0. The van der Waals surface area contributed by atoms with Crippen molar-refractivity contribution in [2.24, 2.45) is 17.8 Å². The minimum atomic E-state index is -0.602. The number of rotatable bonds is 11. The molecule has 0 amide bonds. The maximum absolute atomic E-state index is 12.3. The molecule has 0 aromatic rings. The second-order valence-electron chi connectivity index (χ2n) is 5.33. The first-order valence-corrected chi connectivity index (χ1v) is 8.28. The summed E-state index contributed by atoms with van der Waals surface area (Å²) >= 11 is 0. The van der Waals surface area contributed by atoms with Gasteiger partial charge in [0.15, 0.2) is 0 Å². The quantitative estimate of drug-likeness (QED) is 0.546. The third-order valence-electron chi connectivity index (χ3n) is 3.75. The average Bonchev–Trinajstić information content (AvgIpc) is 2.51. The monoisotopic (exact) mass is 311 g/mol. The molecule has 22 heavy (non-hydrogen) atoms. The Balaban J connectivity index is 5.27. The minimum absolute atomic E-state index is 0.257. The summed E-state index contributed by atoms with van der Waals surface area (Å²) in [6, 6.07) is 2.20. The largest absolute Gasteiger partial charge is 0.466 e. The Hall–Kier alpha value is -1.57. The summed E-state index contributed by atoms with van der Waals surface area (Å²) < 4.78 is 10.3. The second-order valence-corrected chi connectivity index (χ2v) is 5.33. The van der Waals surface area contributed by atoms with Crippen LogP contribution in [0.3, 0.4) is 0 Å². The normalized spacial score (nSPS) is 14.5. The minimum Gasteiger partial charge on any atom is -0.466 e.